The number of hydrogen-bond acceptors (Lipinski definition) is 2. The monoisotopic (exact) mass is 452 g/mol. The van der Waals surface area contributed by atoms with Crippen LogP contribution in [0.1, 0.15) is 66.5 Å². The molecule has 2 N–H and O–H groups in total. The van der Waals surface area contributed by atoms with Crippen molar-refractivity contribution in [3.63, 3.8) is 0 Å². The molecule has 2 aromatic carbocycles. The number of hydrogen-bond donors (Lipinski definition) is 2. The highest BCUT2D eigenvalue weighted by atomic mass is 16.4. The Morgan fingerprint density at radius 1 is 0.853 bits per heavy atom. The molecule has 0 aliphatic heterocycles. The summed E-state index contributed by atoms with van der Waals surface area (Å²) in [7, 11) is 0. The van der Waals surface area contributed by atoms with Gasteiger partial charge in [-0.1, -0.05) is 47.5 Å². The predicted molar refractivity (Wildman–Crippen MR) is 131 cm³/mol. The quantitative estimate of drug-likeness (QED) is 0.603. The number of carboxylic acid groups (broad SMARTS) is 2. The number of carbonyl (C=O) groups is 2. The molecule has 0 fully saturated rings. The highest BCUT2D eigenvalue weighted by molar-refractivity contribution is 5.99. The van der Waals surface area contributed by atoms with Gasteiger partial charge in [0.1, 0.15) is 0 Å². The van der Waals surface area contributed by atoms with E-state index in [0.717, 1.165) is 36.8 Å². The lowest BCUT2D eigenvalue weighted by molar-refractivity contribution is -0.137. The first kappa shape index (κ1) is 21.2. The molecule has 172 valence electrons. The standard InChI is InChI=1S/C30H28O4/c1-16-10-19-11-18(14-27(33)34)7-9-22(19)29(16)30(2)24-5-3-4-23(24)28-21-8-6-17(13-26(31)32)12-20(21)15-25(28)30/h6-9,11-12H,3-5,10,13-15H2,1-2H3,(H,31,32)(H,33,34). The smallest absolute Gasteiger partial charge is 0.307 e. The second kappa shape index (κ2) is 7.30. The zero-order chi connectivity index (χ0) is 23.8. The molecule has 0 spiro atoms. The Morgan fingerprint density at radius 3 is 2.12 bits per heavy atom. The van der Waals surface area contributed by atoms with Crippen LogP contribution in [0.15, 0.2) is 58.7 Å². The van der Waals surface area contributed by atoms with E-state index in [1.54, 1.807) is 5.57 Å². The highest BCUT2D eigenvalue weighted by Crippen LogP contribution is 2.66. The van der Waals surface area contributed by atoms with Crippen molar-refractivity contribution in [3.05, 3.63) is 92.1 Å². The number of rotatable bonds is 5. The number of allylic oxidation sites excluding steroid dienone is 6. The van der Waals surface area contributed by atoms with Gasteiger partial charge in [0.15, 0.2) is 0 Å². The third kappa shape index (κ3) is 2.91. The van der Waals surface area contributed by atoms with Gasteiger partial charge in [0.2, 0.25) is 0 Å². The summed E-state index contributed by atoms with van der Waals surface area (Å²) >= 11 is 0. The van der Waals surface area contributed by atoms with Gasteiger partial charge in [0, 0.05) is 5.41 Å². The molecule has 0 saturated carbocycles. The summed E-state index contributed by atoms with van der Waals surface area (Å²) in [6, 6.07) is 12.4. The van der Waals surface area contributed by atoms with E-state index in [9.17, 15) is 19.8 Å². The van der Waals surface area contributed by atoms with Gasteiger partial charge in [-0.25, -0.2) is 0 Å². The van der Waals surface area contributed by atoms with E-state index in [2.05, 4.69) is 38.1 Å². The number of aliphatic carboxylic acids is 2. The molecule has 0 saturated heterocycles. The van der Waals surface area contributed by atoms with Gasteiger partial charge in [-0.15, -0.1) is 0 Å². The Bertz CT molecular complexity index is 1400. The molecule has 0 amide bonds. The summed E-state index contributed by atoms with van der Waals surface area (Å²) in [4.78, 5) is 22.5. The lowest BCUT2D eigenvalue weighted by Gasteiger charge is -2.34. The summed E-state index contributed by atoms with van der Waals surface area (Å²) in [5, 5.41) is 18.5. The van der Waals surface area contributed by atoms with Crippen LogP contribution in [0.5, 0.6) is 0 Å². The van der Waals surface area contributed by atoms with Gasteiger partial charge < -0.3 is 10.2 Å². The Balaban J connectivity index is 1.46. The first-order valence-corrected chi connectivity index (χ1v) is 12.1. The van der Waals surface area contributed by atoms with Crippen LogP contribution in [0.3, 0.4) is 0 Å². The Morgan fingerprint density at radius 2 is 1.47 bits per heavy atom. The fourth-order valence-corrected chi connectivity index (χ4v) is 7.21. The lowest BCUT2D eigenvalue weighted by Crippen LogP contribution is -2.23. The largest absolute Gasteiger partial charge is 0.481 e. The second-order valence-corrected chi connectivity index (χ2v) is 10.4. The van der Waals surface area contributed by atoms with Crippen LogP contribution in [0.4, 0.5) is 0 Å². The van der Waals surface area contributed by atoms with Crippen LogP contribution in [0.2, 0.25) is 0 Å². The van der Waals surface area contributed by atoms with E-state index in [1.807, 2.05) is 12.1 Å². The molecular weight excluding hydrogens is 424 g/mol. The topological polar surface area (TPSA) is 74.6 Å². The van der Waals surface area contributed by atoms with Crippen molar-refractivity contribution < 1.29 is 19.8 Å². The van der Waals surface area contributed by atoms with Crippen LogP contribution >= 0.6 is 0 Å². The molecule has 0 aromatic heterocycles. The molecular formula is C30H28O4. The number of fused-ring (bicyclic) bond motifs is 4. The van der Waals surface area contributed by atoms with Gasteiger partial charge in [-0.3, -0.25) is 9.59 Å². The van der Waals surface area contributed by atoms with Crippen LogP contribution < -0.4 is 0 Å². The lowest BCUT2D eigenvalue weighted by atomic mass is 9.68. The fraction of sp³-hybridized carbons (Fsp3) is 0.333. The van der Waals surface area contributed by atoms with Crippen molar-refractivity contribution in [2.75, 3.05) is 0 Å². The first-order chi connectivity index (χ1) is 16.3. The predicted octanol–water partition coefficient (Wildman–Crippen LogP) is 5.78. The van der Waals surface area contributed by atoms with Crippen molar-refractivity contribution in [2.45, 2.75) is 58.8 Å². The third-order valence-electron chi connectivity index (χ3n) is 8.37. The van der Waals surface area contributed by atoms with Gasteiger partial charge in [0.25, 0.3) is 0 Å². The van der Waals surface area contributed by atoms with Crippen LogP contribution in [0, 0.1) is 5.41 Å². The van der Waals surface area contributed by atoms with Gasteiger partial charge in [0.05, 0.1) is 12.8 Å². The van der Waals surface area contributed by atoms with Crippen molar-refractivity contribution in [1.82, 2.24) is 0 Å². The molecule has 4 aliphatic carbocycles. The average molecular weight is 453 g/mol. The van der Waals surface area contributed by atoms with Crippen LogP contribution in [0.25, 0.3) is 11.1 Å². The van der Waals surface area contributed by atoms with Crippen LogP contribution in [-0.4, -0.2) is 22.2 Å². The normalized spacial score (nSPS) is 22.3. The van der Waals surface area contributed by atoms with Gasteiger partial charge in [-0.2, -0.15) is 0 Å². The van der Waals surface area contributed by atoms with Gasteiger partial charge >= 0.3 is 11.9 Å². The molecule has 34 heavy (non-hydrogen) atoms. The van der Waals surface area contributed by atoms with Crippen molar-refractivity contribution in [3.8, 4) is 0 Å². The Labute approximate surface area is 199 Å². The average Bonchev–Trinajstić information content (AvgIpc) is 3.49. The summed E-state index contributed by atoms with van der Waals surface area (Å²) in [5.74, 6) is -1.60. The fourth-order valence-electron chi connectivity index (χ4n) is 7.21. The minimum atomic E-state index is -0.799. The molecule has 0 radical (unpaired) electrons. The molecule has 0 bridgehead atoms. The van der Waals surface area contributed by atoms with Crippen molar-refractivity contribution in [1.29, 1.82) is 0 Å². The second-order valence-electron chi connectivity index (χ2n) is 10.4. The minimum Gasteiger partial charge on any atom is -0.481 e. The maximum Gasteiger partial charge on any atom is 0.307 e. The zero-order valence-electron chi connectivity index (χ0n) is 19.6. The Kier molecular flexibility index (Phi) is 4.54. The van der Waals surface area contributed by atoms with E-state index < -0.39 is 11.9 Å². The van der Waals surface area contributed by atoms with E-state index in [4.69, 9.17) is 0 Å². The summed E-state index contributed by atoms with van der Waals surface area (Å²) in [5.41, 5.74) is 15.4. The molecule has 1 unspecified atom stereocenters. The maximum atomic E-state index is 11.3. The molecule has 1 atom stereocenters. The Hall–Kier alpha value is -3.40. The molecule has 2 aromatic rings. The summed E-state index contributed by atoms with van der Waals surface area (Å²) < 4.78 is 0. The molecule has 0 heterocycles. The number of carboxylic acids is 2. The van der Waals surface area contributed by atoms with Crippen LogP contribution in [-0.2, 0) is 35.3 Å². The zero-order valence-corrected chi connectivity index (χ0v) is 19.6. The van der Waals surface area contributed by atoms with E-state index in [-0.39, 0.29) is 18.3 Å². The maximum absolute atomic E-state index is 11.3. The molecule has 4 heteroatoms. The van der Waals surface area contributed by atoms with E-state index >= 15 is 0 Å². The van der Waals surface area contributed by atoms with E-state index in [1.165, 1.54) is 56.5 Å². The summed E-state index contributed by atoms with van der Waals surface area (Å²) in [6.07, 6.45) is 5.25. The van der Waals surface area contributed by atoms with Crippen molar-refractivity contribution in [2.24, 2.45) is 5.41 Å². The van der Waals surface area contributed by atoms with E-state index in [0.29, 0.717) is 0 Å². The molecule has 6 rings (SSSR count). The molecule has 4 aliphatic rings. The molecule has 4 nitrogen and oxygen atoms in total. The van der Waals surface area contributed by atoms with Crippen molar-refractivity contribution >= 4 is 23.1 Å². The number of benzene rings is 2. The first-order valence-electron chi connectivity index (χ1n) is 12.1. The highest BCUT2D eigenvalue weighted by Gasteiger charge is 2.51. The summed E-state index contributed by atoms with van der Waals surface area (Å²) in [6.45, 7) is 4.64. The minimum absolute atomic E-state index is 0.0531. The third-order valence-corrected chi connectivity index (χ3v) is 8.37. The SMILES string of the molecule is CC1=C(C2(C)C3=C(CCC3)C3=C2Cc2cc(CC(=O)O)ccc23)c2ccc(CC(=O)O)cc2C1. The van der Waals surface area contributed by atoms with Gasteiger partial charge in [-0.05, 0) is 102 Å².